The van der Waals surface area contributed by atoms with Crippen molar-refractivity contribution in [2.24, 2.45) is 0 Å². The van der Waals surface area contributed by atoms with Gasteiger partial charge in [0.15, 0.2) is 0 Å². The van der Waals surface area contributed by atoms with Crippen LogP contribution in [0.4, 0.5) is 32.0 Å². The fraction of sp³-hybridized carbons (Fsp3) is 0.188. The number of benzene rings is 2. The van der Waals surface area contributed by atoms with E-state index in [1.165, 1.54) is 31.4 Å². The number of amides is 1. The minimum absolute atomic E-state index is 0.0127. The lowest BCUT2D eigenvalue weighted by atomic mass is 10.1. The van der Waals surface area contributed by atoms with Gasteiger partial charge >= 0.3 is 12.4 Å². The third-order valence-electron chi connectivity index (χ3n) is 3.18. The molecule has 0 unspecified atom stereocenters. The third kappa shape index (κ3) is 4.65. The molecule has 134 valence electrons. The van der Waals surface area contributed by atoms with Crippen LogP contribution in [0.2, 0.25) is 0 Å². The van der Waals surface area contributed by atoms with Crippen molar-refractivity contribution in [1.29, 1.82) is 0 Å². The molecule has 0 spiro atoms. The quantitative estimate of drug-likeness (QED) is 0.781. The molecule has 0 heterocycles. The summed E-state index contributed by atoms with van der Waals surface area (Å²) < 4.78 is 81.7. The van der Waals surface area contributed by atoms with Crippen molar-refractivity contribution < 1.29 is 35.9 Å². The van der Waals surface area contributed by atoms with Gasteiger partial charge in [0.25, 0.3) is 5.91 Å². The molecular weight excluding hydrogens is 352 g/mol. The fourth-order valence-electron chi connectivity index (χ4n) is 1.99. The summed E-state index contributed by atoms with van der Waals surface area (Å²) in [5.41, 5.74) is -3.62. The van der Waals surface area contributed by atoms with E-state index in [9.17, 15) is 31.1 Å². The first-order valence-corrected chi connectivity index (χ1v) is 6.75. The Labute approximate surface area is 138 Å². The summed E-state index contributed by atoms with van der Waals surface area (Å²) in [6, 6.07) is 6.50. The zero-order chi connectivity index (χ0) is 18.8. The Morgan fingerprint density at radius 2 is 1.48 bits per heavy atom. The van der Waals surface area contributed by atoms with Gasteiger partial charge in [-0.05, 0) is 36.4 Å². The monoisotopic (exact) mass is 363 g/mol. The lowest BCUT2D eigenvalue weighted by Crippen LogP contribution is -2.16. The minimum Gasteiger partial charge on any atom is -0.497 e. The molecule has 0 bridgehead atoms. The predicted octanol–water partition coefficient (Wildman–Crippen LogP) is 4.99. The zero-order valence-electron chi connectivity index (χ0n) is 12.6. The molecular formula is C16H11F6NO2. The Hall–Kier alpha value is -2.71. The second-order valence-electron chi connectivity index (χ2n) is 4.98. The number of ether oxygens (including phenoxy) is 1. The second kappa shape index (κ2) is 6.66. The lowest BCUT2D eigenvalue weighted by molar-refractivity contribution is -0.143. The van der Waals surface area contributed by atoms with Gasteiger partial charge in [-0.15, -0.1) is 0 Å². The molecule has 3 nitrogen and oxygen atoms in total. The minimum atomic E-state index is -4.99. The van der Waals surface area contributed by atoms with Crippen molar-refractivity contribution in [3.63, 3.8) is 0 Å². The van der Waals surface area contributed by atoms with E-state index in [0.29, 0.717) is 17.9 Å². The number of methoxy groups -OCH3 is 1. The van der Waals surface area contributed by atoms with Crippen LogP contribution in [-0.2, 0) is 12.4 Å². The van der Waals surface area contributed by atoms with E-state index in [-0.39, 0.29) is 11.6 Å². The van der Waals surface area contributed by atoms with Crippen LogP contribution in [-0.4, -0.2) is 13.0 Å². The highest BCUT2D eigenvalue weighted by atomic mass is 19.4. The Balaban J connectivity index is 2.39. The smallest absolute Gasteiger partial charge is 0.416 e. The number of carbonyl (C=O) groups is 1. The van der Waals surface area contributed by atoms with E-state index in [1.807, 2.05) is 5.32 Å². The molecule has 2 rings (SSSR count). The van der Waals surface area contributed by atoms with Crippen molar-refractivity contribution in [3.8, 4) is 5.75 Å². The molecule has 2 aromatic rings. The van der Waals surface area contributed by atoms with Crippen molar-refractivity contribution in [2.75, 3.05) is 12.4 Å². The fourth-order valence-corrected chi connectivity index (χ4v) is 1.99. The molecule has 0 saturated heterocycles. The highest BCUT2D eigenvalue weighted by molar-refractivity contribution is 6.04. The summed E-state index contributed by atoms with van der Waals surface area (Å²) in [6.45, 7) is 0. The molecule has 25 heavy (non-hydrogen) atoms. The van der Waals surface area contributed by atoms with E-state index >= 15 is 0 Å². The Bertz CT molecular complexity index is 751. The molecule has 0 radical (unpaired) electrons. The molecule has 0 aliphatic carbocycles. The van der Waals surface area contributed by atoms with E-state index in [1.54, 1.807) is 0 Å². The summed E-state index contributed by atoms with van der Waals surface area (Å²) in [4.78, 5) is 12.1. The number of rotatable bonds is 3. The normalized spacial score (nSPS) is 12.0. The van der Waals surface area contributed by atoms with Crippen LogP contribution < -0.4 is 10.1 Å². The van der Waals surface area contributed by atoms with E-state index < -0.39 is 35.1 Å². The van der Waals surface area contributed by atoms with Gasteiger partial charge in [-0.3, -0.25) is 4.79 Å². The summed E-state index contributed by atoms with van der Waals surface area (Å²) in [5, 5.41) is 2.04. The van der Waals surface area contributed by atoms with Gasteiger partial charge in [0.05, 0.1) is 18.2 Å². The van der Waals surface area contributed by atoms with Crippen molar-refractivity contribution in [1.82, 2.24) is 0 Å². The Morgan fingerprint density at radius 3 is 1.96 bits per heavy atom. The maximum Gasteiger partial charge on any atom is 0.416 e. The van der Waals surface area contributed by atoms with Crippen LogP contribution in [0.25, 0.3) is 0 Å². The average molecular weight is 363 g/mol. The van der Waals surface area contributed by atoms with Crippen LogP contribution in [0.1, 0.15) is 21.5 Å². The summed E-state index contributed by atoms with van der Waals surface area (Å²) in [6.07, 6.45) is -9.98. The average Bonchev–Trinajstić information content (AvgIpc) is 2.53. The SMILES string of the molecule is COc1cccc(C(=O)Nc2cc(C(F)(F)F)cc(C(F)(F)F)c2)c1. The predicted molar refractivity (Wildman–Crippen MR) is 77.4 cm³/mol. The van der Waals surface area contributed by atoms with Crippen LogP contribution in [0.3, 0.4) is 0 Å². The van der Waals surface area contributed by atoms with Gasteiger partial charge in [-0.25, -0.2) is 0 Å². The summed E-state index contributed by atoms with van der Waals surface area (Å²) >= 11 is 0. The first-order chi connectivity index (χ1) is 11.5. The van der Waals surface area contributed by atoms with E-state index in [4.69, 9.17) is 4.74 Å². The van der Waals surface area contributed by atoms with Crippen LogP contribution in [0.5, 0.6) is 5.75 Å². The molecule has 0 aromatic heterocycles. The molecule has 0 aliphatic heterocycles. The summed E-state index contributed by atoms with van der Waals surface area (Å²) in [7, 11) is 1.35. The van der Waals surface area contributed by atoms with Crippen LogP contribution >= 0.6 is 0 Å². The number of alkyl halides is 6. The Kier molecular flexibility index (Phi) is 4.96. The number of halogens is 6. The van der Waals surface area contributed by atoms with Gasteiger partial charge in [0, 0.05) is 11.3 Å². The summed E-state index contributed by atoms with van der Waals surface area (Å²) in [5.74, 6) is -0.556. The maximum absolute atomic E-state index is 12.8. The zero-order valence-corrected chi connectivity index (χ0v) is 12.6. The Morgan fingerprint density at radius 1 is 0.920 bits per heavy atom. The largest absolute Gasteiger partial charge is 0.497 e. The molecule has 2 aromatic carbocycles. The van der Waals surface area contributed by atoms with Gasteiger partial charge in [0.2, 0.25) is 0 Å². The molecule has 1 amide bonds. The van der Waals surface area contributed by atoms with Crippen LogP contribution in [0.15, 0.2) is 42.5 Å². The number of hydrogen-bond acceptors (Lipinski definition) is 2. The molecule has 1 N–H and O–H groups in total. The van der Waals surface area contributed by atoms with Crippen molar-refractivity contribution >= 4 is 11.6 Å². The first-order valence-electron chi connectivity index (χ1n) is 6.75. The number of nitrogens with one attached hydrogen (secondary N) is 1. The third-order valence-corrected chi connectivity index (χ3v) is 3.18. The molecule has 9 heteroatoms. The highest BCUT2D eigenvalue weighted by Crippen LogP contribution is 2.37. The second-order valence-corrected chi connectivity index (χ2v) is 4.98. The number of anilines is 1. The van der Waals surface area contributed by atoms with Crippen molar-refractivity contribution in [2.45, 2.75) is 12.4 Å². The molecule has 0 aliphatic rings. The molecule has 0 saturated carbocycles. The molecule has 0 fully saturated rings. The highest BCUT2D eigenvalue weighted by Gasteiger charge is 2.37. The van der Waals surface area contributed by atoms with E-state index in [0.717, 1.165) is 0 Å². The topological polar surface area (TPSA) is 38.3 Å². The van der Waals surface area contributed by atoms with Crippen LogP contribution in [0, 0.1) is 0 Å². The van der Waals surface area contributed by atoms with Gasteiger partial charge in [-0.1, -0.05) is 6.07 Å². The van der Waals surface area contributed by atoms with Gasteiger partial charge in [0.1, 0.15) is 5.75 Å². The number of carbonyl (C=O) groups excluding carboxylic acids is 1. The maximum atomic E-state index is 12.8. The number of hydrogen-bond donors (Lipinski definition) is 1. The standard InChI is InChI=1S/C16H11F6NO2/c1-25-13-4-2-3-9(5-13)14(24)23-12-7-10(15(17,18)19)6-11(8-12)16(20,21)22/h2-8H,1H3,(H,23,24). The molecule has 0 atom stereocenters. The van der Waals surface area contributed by atoms with Gasteiger partial charge in [-0.2, -0.15) is 26.3 Å². The lowest BCUT2D eigenvalue weighted by Gasteiger charge is -2.15. The van der Waals surface area contributed by atoms with E-state index in [2.05, 4.69) is 0 Å². The first kappa shape index (κ1) is 18.6. The van der Waals surface area contributed by atoms with Gasteiger partial charge < -0.3 is 10.1 Å². The van der Waals surface area contributed by atoms with Crippen molar-refractivity contribution in [3.05, 3.63) is 59.2 Å².